The van der Waals surface area contributed by atoms with Gasteiger partial charge in [-0.05, 0) is 36.6 Å². The average molecular weight is 329 g/mol. The molecular formula is C20H19N5. The average Bonchev–Trinajstić information content (AvgIpc) is 3.06. The third-order valence-corrected chi connectivity index (χ3v) is 4.21. The Morgan fingerprint density at radius 1 is 0.880 bits per heavy atom. The molecule has 0 aliphatic heterocycles. The van der Waals surface area contributed by atoms with Gasteiger partial charge in [0, 0.05) is 12.1 Å². The number of aryl methyl sites for hydroxylation is 1. The van der Waals surface area contributed by atoms with Crippen molar-refractivity contribution in [1.82, 2.24) is 19.8 Å². The van der Waals surface area contributed by atoms with Crippen molar-refractivity contribution in [3.8, 4) is 11.4 Å². The Morgan fingerprint density at radius 3 is 2.52 bits per heavy atom. The molecule has 5 heteroatoms. The van der Waals surface area contributed by atoms with Crippen molar-refractivity contribution < 1.29 is 0 Å². The van der Waals surface area contributed by atoms with E-state index in [2.05, 4.69) is 57.9 Å². The van der Waals surface area contributed by atoms with Crippen LogP contribution in [0.4, 0.5) is 5.82 Å². The fraction of sp³-hybridized carbons (Fsp3) is 0.150. The van der Waals surface area contributed by atoms with E-state index in [1.165, 1.54) is 5.56 Å². The summed E-state index contributed by atoms with van der Waals surface area (Å²) in [5.41, 5.74) is 4.25. The molecule has 0 saturated heterocycles. The van der Waals surface area contributed by atoms with Crippen LogP contribution < -0.4 is 5.32 Å². The van der Waals surface area contributed by atoms with E-state index in [0.29, 0.717) is 0 Å². The first kappa shape index (κ1) is 15.3. The Kier molecular flexibility index (Phi) is 4.12. The van der Waals surface area contributed by atoms with Gasteiger partial charge in [-0.25, -0.2) is 0 Å². The number of rotatable bonds is 5. The van der Waals surface area contributed by atoms with Gasteiger partial charge < -0.3 is 5.32 Å². The summed E-state index contributed by atoms with van der Waals surface area (Å²) < 4.78 is 1.80. The van der Waals surface area contributed by atoms with Gasteiger partial charge in [-0.1, -0.05) is 54.6 Å². The topological polar surface area (TPSA) is 55.1 Å². The lowest BCUT2D eigenvalue weighted by Crippen LogP contribution is -2.08. The third-order valence-electron chi connectivity index (χ3n) is 4.21. The van der Waals surface area contributed by atoms with E-state index >= 15 is 0 Å². The summed E-state index contributed by atoms with van der Waals surface area (Å²) in [7, 11) is 0. The molecule has 0 saturated carbocycles. The highest BCUT2D eigenvalue weighted by atomic mass is 15.4. The number of hydrogen-bond donors (Lipinski definition) is 1. The maximum Gasteiger partial charge on any atom is 0.185 e. The van der Waals surface area contributed by atoms with Crippen LogP contribution in [-0.4, -0.2) is 26.4 Å². The molecule has 4 aromatic rings. The first-order chi connectivity index (χ1) is 12.3. The zero-order valence-electron chi connectivity index (χ0n) is 14.1. The molecule has 124 valence electrons. The maximum absolute atomic E-state index is 4.66. The van der Waals surface area contributed by atoms with Crippen LogP contribution in [0.25, 0.3) is 17.0 Å². The molecule has 5 nitrogen and oxygen atoms in total. The van der Waals surface area contributed by atoms with Gasteiger partial charge in [0.05, 0.1) is 0 Å². The van der Waals surface area contributed by atoms with Gasteiger partial charge in [0.25, 0.3) is 0 Å². The molecule has 2 heterocycles. The van der Waals surface area contributed by atoms with Crippen molar-refractivity contribution in [3.63, 3.8) is 0 Å². The lowest BCUT2D eigenvalue weighted by atomic mass is 10.1. The van der Waals surface area contributed by atoms with Crippen molar-refractivity contribution in [2.24, 2.45) is 0 Å². The third kappa shape index (κ3) is 3.21. The number of nitrogens with zero attached hydrogens (tertiary/aromatic N) is 4. The molecule has 0 amide bonds. The summed E-state index contributed by atoms with van der Waals surface area (Å²) in [5, 5.41) is 16.6. The number of aromatic nitrogens is 4. The van der Waals surface area contributed by atoms with Crippen LogP contribution in [0, 0.1) is 6.92 Å². The van der Waals surface area contributed by atoms with Gasteiger partial charge in [0.15, 0.2) is 11.5 Å². The zero-order valence-corrected chi connectivity index (χ0v) is 14.1. The minimum Gasteiger partial charge on any atom is -0.368 e. The van der Waals surface area contributed by atoms with Crippen LogP contribution in [0.3, 0.4) is 0 Å². The van der Waals surface area contributed by atoms with Crippen LogP contribution in [0.1, 0.15) is 11.1 Å². The molecule has 0 bridgehead atoms. The minimum atomic E-state index is 0.742. The summed E-state index contributed by atoms with van der Waals surface area (Å²) in [6.07, 6.45) is 0.952. The van der Waals surface area contributed by atoms with E-state index in [1.54, 1.807) is 4.52 Å². The highest BCUT2D eigenvalue weighted by molar-refractivity contribution is 5.63. The van der Waals surface area contributed by atoms with E-state index in [0.717, 1.165) is 41.4 Å². The van der Waals surface area contributed by atoms with Crippen molar-refractivity contribution in [2.45, 2.75) is 13.3 Å². The van der Waals surface area contributed by atoms with E-state index in [9.17, 15) is 0 Å². The SMILES string of the molecule is Cc1ccccc1-c1nnc2ccc(NCCc3ccccc3)nn12. The van der Waals surface area contributed by atoms with Gasteiger partial charge in [-0.3, -0.25) is 0 Å². The van der Waals surface area contributed by atoms with Crippen molar-refractivity contribution in [2.75, 3.05) is 11.9 Å². The van der Waals surface area contributed by atoms with Gasteiger partial charge in [-0.15, -0.1) is 15.3 Å². The molecule has 0 aliphatic carbocycles. The van der Waals surface area contributed by atoms with Crippen LogP contribution in [-0.2, 0) is 6.42 Å². The van der Waals surface area contributed by atoms with E-state index in [1.807, 2.05) is 36.4 Å². The predicted molar refractivity (Wildman–Crippen MR) is 99.6 cm³/mol. The first-order valence-corrected chi connectivity index (χ1v) is 8.37. The quantitative estimate of drug-likeness (QED) is 0.606. The fourth-order valence-electron chi connectivity index (χ4n) is 2.85. The Morgan fingerprint density at radius 2 is 1.68 bits per heavy atom. The van der Waals surface area contributed by atoms with Crippen LogP contribution in [0.15, 0.2) is 66.7 Å². The summed E-state index contributed by atoms with van der Waals surface area (Å²) in [6, 6.07) is 22.4. The molecule has 0 unspecified atom stereocenters. The molecule has 0 atom stereocenters. The van der Waals surface area contributed by atoms with Crippen LogP contribution in [0.2, 0.25) is 0 Å². The molecule has 2 aromatic heterocycles. The standard InChI is InChI=1S/C20H19N5/c1-15-7-5-6-10-17(15)20-23-22-19-12-11-18(24-25(19)20)21-14-13-16-8-3-2-4-9-16/h2-12H,13-14H2,1H3,(H,21,24). The summed E-state index contributed by atoms with van der Waals surface area (Å²) in [6.45, 7) is 2.89. The largest absolute Gasteiger partial charge is 0.368 e. The molecule has 0 aliphatic rings. The van der Waals surface area contributed by atoms with E-state index in [-0.39, 0.29) is 0 Å². The van der Waals surface area contributed by atoms with Gasteiger partial charge >= 0.3 is 0 Å². The predicted octanol–water partition coefficient (Wildman–Crippen LogP) is 3.75. The molecule has 0 radical (unpaired) electrons. The Balaban J connectivity index is 1.57. The van der Waals surface area contributed by atoms with Gasteiger partial charge in [0.1, 0.15) is 5.82 Å². The Hall–Kier alpha value is -3.21. The molecule has 25 heavy (non-hydrogen) atoms. The highest BCUT2D eigenvalue weighted by Crippen LogP contribution is 2.21. The lowest BCUT2D eigenvalue weighted by Gasteiger charge is -2.07. The van der Waals surface area contributed by atoms with Crippen molar-refractivity contribution >= 4 is 11.5 Å². The first-order valence-electron chi connectivity index (χ1n) is 8.37. The summed E-state index contributed by atoms with van der Waals surface area (Å²) in [4.78, 5) is 0. The number of fused-ring (bicyclic) bond motifs is 1. The van der Waals surface area contributed by atoms with Crippen LogP contribution in [0.5, 0.6) is 0 Å². The van der Waals surface area contributed by atoms with Crippen molar-refractivity contribution in [1.29, 1.82) is 0 Å². The number of hydrogen-bond acceptors (Lipinski definition) is 4. The van der Waals surface area contributed by atoms with E-state index in [4.69, 9.17) is 0 Å². The number of anilines is 1. The Labute approximate surface area is 146 Å². The van der Waals surface area contributed by atoms with Gasteiger partial charge in [0.2, 0.25) is 0 Å². The molecule has 4 rings (SSSR count). The molecule has 1 N–H and O–H groups in total. The molecule has 0 spiro atoms. The maximum atomic E-state index is 4.66. The number of nitrogens with one attached hydrogen (secondary N) is 1. The Bertz CT molecular complexity index is 991. The highest BCUT2D eigenvalue weighted by Gasteiger charge is 2.11. The van der Waals surface area contributed by atoms with Crippen molar-refractivity contribution in [3.05, 3.63) is 77.9 Å². The monoisotopic (exact) mass is 329 g/mol. The lowest BCUT2D eigenvalue weighted by molar-refractivity contribution is 0.915. The van der Waals surface area contributed by atoms with Gasteiger partial charge in [-0.2, -0.15) is 4.52 Å². The smallest absolute Gasteiger partial charge is 0.185 e. The fourth-order valence-corrected chi connectivity index (χ4v) is 2.85. The summed E-state index contributed by atoms with van der Waals surface area (Å²) in [5.74, 6) is 1.58. The molecule has 0 fully saturated rings. The second-order valence-electron chi connectivity index (χ2n) is 5.99. The summed E-state index contributed by atoms with van der Waals surface area (Å²) >= 11 is 0. The minimum absolute atomic E-state index is 0.742. The molecule has 2 aromatic carbocycles. The normalized spacial score (nSPS) is 10.9. The van der Waals surface area contributed by atoms with E-state index < -0.39 is 0 Å². The number of benzene rings is 2. The second-order valence-corrected chi connectivity index (χ2v) is 5.99. The van der Waals surface area contributed by atoms with Crippen LogP contribution >= 0.6 is 0 Å². The zero-order chi connectivity index (χ0) is 17.1. The second kappa shape index (κ2) is 6.73. The molecular weight excluding hydrogens is 310 g/mol.